The molecule has 0 radical (unpaired) electrons. The summed E-state index contributed by atoms with van der Waals surface area (Å²) in [4.78, 5) is 16.9. The minimum Gasteiger partial charge on any atom is -0.481 e. The number of carbonyl (C=O) groups is 1. The third-order valence-corrected chi connectivity index (χ3v) is 8.65. The van der Waals surface area contributed by atoms with Crippen molar-refractivity contribution in [2.24, 2.45) is 18.9 Å². The maximum atomic E-state index is 13.7. The molecule has 0 saturated heterocycles. The number of anilines is 2. The number of aryl methyl sites for hydroxylation is 3. The summed E-state index contributed by atoms with van der Waals surface area (Å²) in [6.07, 6.45) is 1.54. The average Bonchev–Trinajstić information content (AvgIpc) is 3.63. The summed E-state index contributed by atoms with van der Waals surface area (Å²) in [5.74, 6) is -0.330. The number of tetrazole rings is 1. The van der Waals surface area contributed by atoms with Gasteiger partial charge in [0.15, 0.2) is 0 Å². The van der Waals surface area contributed by atoms with E-state index < -0.39 is 17.7 Å². The van der Waals surface area contributed by atoms with Crippen LogP contribution in [0.3, 0.4) is 0 Å². The highest BCUT2D eigenvalue weighted by molar-refractivity contribution is 5.70. The van der Waals surface area contributed by atoms with Crippen LogP contribution < -0.4 is 9.80 Å². The Hall–Kier alpha value is -4.14. The van der Waals surface area contributed by atoms with Gasteiger partial charge in [-0.05, 0) is 110 Å². The quantitative estimate of drug-likeness (QED) is 0.327. The van der Waals surface area contributed by atoms with Crippen molar-refractivity contribution in [3.05, 3.63) is 63.7 Å². The van der Waals surface area contributed by atoms with Crippen LogP contribution in [0.15, 0.2) is 30.3 Å². The average molecular weight is 596 g/mol. The smallest absolute Gasteiger partial charge is 0.416 e. The molecule has 5 rings (SSSR count). The minimum atomic E-state index is -4.59. The predicted octanol–water partition coefficient (Wildman–Crippen LogP) is 5.51. The molecule has 0 amide bonds. The fourth-order valence-electron chi connectivity index (χ4n) is 6.42. The standard InChI is InChI=1S/C31H36F3N7O2/c1-3-40(17-20-7-9-23(10-8-20)29(42)43)28-15-25-6-4-5-24(25)14-26(28)19-41(30-36-38-39(2)37-30)18-22-11-21(16-35)12-27(13-22)31(32,33)34/h11-15,20,23H,3-10,17-19H2,1-2H3,(H,42,43)/t20-,23-. The van der Waals surface area contributed by atoms with Gasteiger partial charge in [-0.3, -0.25) is 4.79 Å². The normalized spacial score (nSPS) is 18.2. The molecule has 1 N–H and O–H groups in total. The van der Waals surface area contributed by atoms with Crippen LogP contribution in [-0.2, 0) is 43.9 Å². The van der Waals surface area contributed by atoms with E-state index in [0.717, 1.165) is 68.6 Å². The van der Waals surface area contributed by atoms with Crippen molar-refractivity contribution in [3.8, 4) is 6.07 Å². The molecule has 1 heterocycles. The molecule has 9 nitrogen and oxygen atoms in total. The second kappa shape index (κ2) is 12.6. The molecule has 0 aliphatic heterocycles. The Bertz CT molecular complexity index is 1510. The molecule has 2 aromatic carbocycles. The van der Waals surface area contributed by atoms with Crippen molar-refractivity contribution < 1.29 is 23.1 Å². The summed E-state index contributed by atoms with van der Waals surface area (Å²) in [7, 11) is 1.63. The van der Waals surface area contributed by atoms with Gasteiger partial charge in [0.25, 0.3) is 5.95 Å². The number of hydrogen-bond acceptors (Lipinski definition) is 7. The highest BCUT2D eigenvalue weighted by atomic mass is 19.4. The number of halogens is 3. The Kier molecular flexibility index (Phi) is 8.89. The molecule has 3 aromatic rings. The minimum absolute atomic E-state index is 0.0478. The molecule has 1 aromatic heterocycles. The summed E-state index contributed by atoms with van der Waals surface area (Å²) in [5.41, 5.74) is 4.05. The van der Waals surface area contributed by atoms with E-state index in [1.165, 1.54) is 22.0 Å². The van der Waals surface area contributed by atoms with E-state index in [4.69, 9.17) is 0 Å². The number of rotatable bonds is 10. The van der Waals surface area contributed by atoms with Crippen LogP contribution in [0.1, 0.15) is 72.4 Å². The van der Waals surface area contributed by atoms with Crippen molar-refractivity contribution in [2.75, 3.05) is 22.9 Å². The van der Waals surface area contributed by atoms with Gasteiger partial charge >= 0.3 is 12.1 Å². The lowest BCUT2D eigenvalue weighted by atomic mass is 9.81. The van der Waals surface area contributed by atoms with Gasteiger partial charge in [0.05, 0.1) is 30.2 Å². The fraction of sp³-hybridized carbons (Fsp3) is 0.516. The van der Waals surface area contributed by atoms with Gasteiger partial charge in [-0.2, -0.15) is 23.2 Å². The van der Waals surface area contributed by atoms with Crippen molar-refractivity contribution in [2.45, 2.75) is 71.1 Å². The van der Waals surface area contributed by atoms with E-state index in [1.807, 2.05) is 6.07 Å². The van der Waals surface area contributed by atoms with Gasteiger partial charge in [-0.15, -0.1) is 5.10 Å². The Morgan fingerprint density at radius 1 is 1.07 bits per heavy atom. The van der Waals surface area contributed by atoms with Gasteiger partial charge in [-0.1, -0.05) is 11.2 Å². The molecular formula is C31H36F3N7O2. The molecule has 0 spiro atoms. The monoisotopic (exact) mass is 595 g/mol. The molecule has 43 heavy (non-hydrogen) atoms. The second-order valence-electron chi connectivity index (χ2n) is 11.7. The number of aromatic nitrogens is 4. The molecule has 2 aliphatic rings. The maximum Gasteiger partial charge on any atom is 0.416 e. The SMILES string of the molecule is CCN(C[C@H]1CC[C@H](C(=O)O)CC1)c1cc2c(cc1CN(Cc1cc(C#N)cc(C(F)(F)F)c1)c1nnn(C)n1)CCC2. The summed E-state index contributed by atoms with van der Waals surface area (Å²) in [6, 6.07) is 9.70. The zero-order chi connectivity index (χ0) is 30.7. The topological polar surface area (TPSA) is 111 Å². The van der Waals surface area contributed by atoms with Crippen LogP contribution in [0, 0.1) is 23.2 Å². The summed E-state index contributed by atoms with van der Waals surface area (Å²) in [5, 5.41) is 31.4. The lowest BCUT2D eigenvalue weighted by Crippen LogP contribution is -2.34. The van der Waals surface area contributed by atoms with Crippen LogP contribution in [0.2, 0.25) is 0 Å². The third kappa shape index (κ3) is 7.09. The van der Waals surface area contributed by atoms with E-state index in [-0.39, 0.29) is 24.0 Å². The molecular weight excluding hydrogens is 559 g/mol. The Balaban J connectivity index is 1.48. The van der Waals surface area contributed by atoms with E-state index in [1.54, 1.807) is 11.9 Å². The van der Waals surface area contributed by atoms with Gasteiger partial charge in [0, 0.05) is 31.9 Å². The van der Waals surface area contributed by atoms with E-state index in [0.29, 0.717) is 30.9 Å². The summed E-state index contributed by atoms with van der Waals surface area (Å²) in [6.45, 7) is 4.04. The van der Waals surface area contributed by atoms with Crippen molar-refractivity contribution in [1.82, 2.24) is 20.2 Å². The van der Waals surface area contributed by atoms with Gasteiger partial charge in [0.2, 0.25) is 0 Å². The number of carboxylic acids is 1. The van der Waals surface area contributed by atoms with E-state index in [9.17, 15) is 28.3 Å². The molecule has 0 bridgehead atoms. The molecule has 0 unspecified atom stereocenters. The molecule has 12 heteroatoms. The third-order valence-electron chi connectivity index (χ3n) is 8.65. The van der Waals surface area contributed by atoms with Gasteiger partial charge < -0.3 is 14.9 Å². The number of alkyl halides is 3. The van der Waals surface area contributed by atoms with Crippen molar-refractivity contribution in [3.63, 3.8) is 0 Å². The Morgan fingerprint density at radius 2 is 1.79 bits per heavy atom. The Labute approximate surface area is 248 Å². The highest BCUT2D eigenvalue weighted by Crippen LogP contribution is 2.36. The Morgan fingerprint density at radius 3 is 2.40 bits per heavy atom. The maximum absolute atomic E-state index is 13.7. The number of nitriles is 1. The van der Waals surface area contributed by atoms with Crippen LogP contribution in [0.25, 0.3) is 0 Å². The number of aliphatic carboxylic acids is 1. The first-order chi connectivity index (χ1) is 20.5. The molecule has 2 aliphatic carbocycles. The lowest BCUT2D eigenvalue weighted by Gasteiger charge is -2.34. The molecule has 0 atom stereocenters. The van der Waals surface area contributed by atoms with Crippen LogP contribution >= 0.6 is 0 Å². The van der Waals surface area contributed by atoms with Crippen molar-refractivity contribution in [1.29, 1.82) is 5.26 Å². The number of fused-ring (bicyclic) bond motifs is 1. The van der Waals surface area contributed by atoms with Gasteiger partial charge in [-0.25, -0.2) is 0 Å². The first-order valence-electron chi connectivity index (χ1n) is 14.8. The largest absolute Gasteiger partial charge is 0.481 e. The first kappa shape index (κ1) is 30.3. The van der Waals surface area contributed by atoms with Crippen LogP contribution in [0.4, 0.5) is 24.8 Å². The predicted molar refractivity (Wildman–Crippen MR) is 154 cm³/mol. The van der Waals surface area contributed by atoms with Crippen LogP contribution in [-0.4, -0.2) is 44.4 Å². The molecule has 1 fully saturated rings. The number of hydrogen-bond donors (Lipinski definition) is 1. The molecule has 1 saturated carbocycles. The number of nitrogens with zero attached hydrogens (tertiary/aromatic N) is 7. The zero-order valence-corrected chi connectivity index (χ0v) is 24.4. The van der Waals surface area contributed by atoms with E-state index in [2.05, 4.69) is 39.4 Å². The van der Waals surface area contributed by atoms with Gasteiger partial charge in [0.1, 0.15) is 0 Å². The number of benzene rings is 2. The van der Waals surface area contributed by atoms with Crippen LogP contribution in [0.5, 0.6) is 0 Å². The summed E-state index contributed by atoms with van der Waals surface area (Å²) < 4.78 is 41.0. The van der Waals surface area contributed by atoms with E-state index >= 15 is 0 Å². The number of carboxylic acid groups (broad SMARTS) is 1. The van der Waals surface area contributed by atoms with Crippen molar-refractivity contribution >= 4 is 17.6 Å². The lowest BCUT2D eigenvalue weighted by molar-refractivity contribution is -0.143. The molecule has 228 valence electrons. The highest BCUT2D eigenvalue weighted by Gasteiger charge is 2.32. The zero-order valence-electron chi connectivity index (χ0n) is 24.4. The second-order valence-corrected chi connectivity index (χ2v) is 11.7. The summed E-state index contributed by atoms with van der Waals surface area (Å²) >= 11 is 0. The fourth-order valence-corrected chi connectivity index (χ4v) is 6.42. The first-order valence-corrected chi connectivity index (χ1v) is 14.8.